The summed E-state index contributed by atoms with van der Waals surface area (Å²) in [6.07, 6.45) is 1.20. The quantitative estimate of drug-likeness (QED) is 0.661. The van der Waals surface area contributed by atoms with E-state index < -0.39 is 0 Å². The molecule has 3 aromatic rings. The highest BCUT2D eigenvalue weighted by molar-refractivity contribution is 7.17. The molecule has 148 valence electrons. The first-order chi connectivity index (χ1) is 14.2. The van der Waals surface area contributed by atoms with Gasteiger partial charge < -0.3 is 15.0 Å². The van der Waals surface area contributed by atoms with Crippen molar-refractivity contribution in [2.75, 3.05) is 19.6 Å². The van der Waals surface area contributed by atoms with Crippen LogP contribution in [0.4, 0.5) is 0 Å². The van der Waals surface area contributed by atoms with E-state index in [0.717, 1.165) is 39.7 Å². The van der Waals surface area contributed by atoms with Gasteiger partial charge in [-0.05, 0) is 54.3 Å². The Labute approximate surface area is 175 Å². The summed E-state index contributed by atoms with van der Waals surface area (Å²) in [4.78, 5) is 17.0. The second-order valence-electron chi connectivity index (χ2n) is 7.85. The van der Waals surface area contributed by atoms with Crippen molar-refractivity contribution >= 4 is 17.2 Å². The van der Waals surface area contributed by atoms with Crippen molar-refractivity contribution in [2.24, 2.45) is 5.92 Å². The molecule has 1 N–H and O–H groups in total. The molecule has 0 spiro atoms. The molecule has 29 heavy (non-hydrogen) atoms. The minimum absolute atomic E-state index is 0.0523. The van der Waals surface area contributed by atoms with Crippen LogP contribution in [0.25, 0.3) is 10.4 Å². The smallest absolute Gasteiger partial charge is 0.261 e. The molecule has 0 saturated carbocycles. The average molecular weight is 405 g/mol. The lowest BCUT2D eigenvalue weighted by molar-refractivity contribution is 0.0928. The number of nitrogens with one attached hydrogen (secondary N) is 1. The Morgan fingerprint density at radius 1 is 1.07 bits per heavy atom. The third kappa shape index (κ3) is 4.07. The molecule has 2 unspecified atom stereocenters. The maximum Gasteiger partial charge on any atom is 0.261 e. The average Bonchev–Trinajstić information content (AvgIpc) is 3.50. The Bertz CT molecular complexity index is 1000. The lowest BCUT2D eigenvalue weighted by atomic mass is 10.00. The number of thiophene rings is 1. The van der Waals surface area contributed by atoms with Crippen molar-refractivity contribution in [3.63, 3.8) is 0 Å². The summed E-state index contributed by atoms with van der Waals surface area (Å²) in [5, 5.41) is 3.25. The summed E-state index contributed by atoms with van der Waals surface area (Å²) in [5.74, 6) is 1.51. The molecule has 5 rings (SSSR count). The number of ether oxygens (including phenoxy) is 1. The Balaban J connectivity index is 1.24. The molecular weight excluding hydrogens is 380 g/mol. The number of hydrogen-bond acceptors (Lipinski definition) is 4. The number of fused-ring (bicyclic) bond motifs is 2. The molecule has 5 heteroatoms. The van der Waals surface area contributed by atoms with Crippen molar-refractivity contribution in [1.82, 2.24) is 10.2 Å². The number of piperidine rings is 1. The molecule has 3 heterocycles. The van der Waals surface area contributed by atoms with E-state index in [1.54, 1.807) is 0 Å². The standard InChI is InChI=1S/C24H24N2O2S/c27-24(25-21-15-26-12-11-19(21)14-26)23-10-9-22(29-23)18-7-4-8-20(13-18)28-16-17-5-2-1-3-6-17/h1-10,13,19,21H,11-12,14-16H2,(H,25,27)/t19-,21?/m0/s1. The van der Waals surface area contributed by atoms with Crippen LogP contribution in [0, 0.1) is 5.92 Å². The van der Waals surface area contributed by atoms with Crippen molar-refractivity contribution in [2.45, 2.75) is 19.1 Å². The van der Waals surface area contributed by atoms with E-state index in [2.05, 4.69) is 28.4 Å². The lowest BCUT2D eigenvalue weighted by Gasteiger charge is -2.22. The molecule has 2 bridgehead atoms. The highest BCUT2D eigenvalue weighted by Crippen LogP contribution is 2.32. The van der Waals surface area contributed by atoms with E-state index in [0.29, 0.717) is 18.6 Å². The SMILES string of the molecule is O=C(NC1CN2CC[C@H]1C2)c1ccc(-c2cccc(OCc3ccccc3)c2)s1. The third-order valence-corrected chi connectivity index (χ3v) is 6.98. The van der Waals surface area contributed by atoms with Gasteiger partial charge in [0.25, 0.3) is 5.91 Å². The van der Waals surface area contributed by atoms with E-state index in [9.17, 15) is 4.79 Å². The monoisotopic (exact) mass is 404 g/mol. The maximum atomic E-state index is 12.7. The van der Waals surface area contributed by atoms with Gasteiger partial charge in [0.2, 0.25) is 0 Å². The fourth-order valence-corrected chi connectivity index (χ4v) is 5.19. The number of amides is 1. The minimum atomic E-state index is 0.0523. The first-order valence-electron chi connectivity index (χ1n) is 10.1. The molecule has 3 atom stereocenters. The predicted octanol–water partition coefficient (Wildman–Crippen LogP) is 4.43. The van der Waals surface area contributed by atoms with Crippen molar-refractivity contribution in [1.29, 1.82) is 0 Å². The van der Waals surface area contributed by atoms with Crippen LogP contribution in [0.15, 0.2) is 66.7 Å². The van der Waals surface area contributed by atoms with Gasteiger partial charge in [0.1, 0.15) is 12.4 Å². The molecule has 1 aromatic heterocycles. The topological polar surface area (TPSA) is 41.6 Å². The molecule has 2 saturated heterocycles. The molecule has 1 amide bonds. The molecule has 0 aliphatic carbocycles. The van der Waals surface area contributed by atoms with Crippen LogP contribution in [-0.4, -0.2) is 36.5 Å². The number of hydrogen-bond donors (Lipinski definition) is 1. The summed E-state index contributed by atoms with van der Waals surface area (Å²) in [7, 11) is 0. The van der Waals surface area contributed by atoms with E-state index in [-0.39, 0.29) is 5.91 Å². The zero-order chi connectivity index (χ0) is 19.6. The first-order valence-corrected chi connectivity index (χ1v) is 11.0. The second kappa shape index (κ2) is 8.01. The predicted molar refractivity (Wildman–Crippen MR) is 116 cm³/mol. The Morgan fingerprint density at radius 2 is 1.97 bits per heavy atom. The number of benzene rings is 2. The summed E-state index contributed by atoms with van der Waals surface area (Å²) < 4.78 is 5.95. The molecule has 2 aliphatic rings. The minimum Gasteiger partial charge on any atom is -0.489 e. The van der Waals surface area contributed by atoms with Crippen molar-refractivity contribution in [3.05, 3.63) is 77.2 Å². The van der Waals surface area contributed by atoms with Crippen molar-refractivity contribution < 1.29 is 9.53 Å². The van der Waals surface area contributed by atoms with Crippen LogP contribution in [0.5, 0.6) is 5.75 Å². The number of carbonyl (C=O) groups excluding carboxylic acids is 1. The molecule has 0 radical (unpaired) electrons. The Kier molecular flexibility index (Phi) is 5.08. The van der Waals surface area contributed by atoms with Crippen LogP contribution in [0.1, 0.15) is 21.7 Å². The molecule has 4 nitrogen and oxygen atoms in total. The van der Waals surface area contributed by atoms with E-state index in [1.165, 1.54) is 24.3 Å². The summed E-state index contributed by atoms with van der Waals surface area (Å²) in [5.41, 5.74) is 2.22. The zero-order valence-electron chi connectivity index (χ0n) is 16.2. The van der Waals surface area contributed by atoms with Crippen LogP contribution >= 0.6 is 11.3 Å². The zero-order valence-corrected chi connectivity index (χ0v) is 17.0. The fourth-order valence-electron chi connectivity index (χ4n) is 4.28. The van der Waals surface area contributed by atoms with Crippen molar-refractivity contribution in [3.8, 4) is 16.2 Å². The van der Waals surface area contributed by atoms with Gasteiger partial charge in [0, 0.05) is 24.0 Å². The number of rotatable bonds is 6. The molecular formula is C24H24N2O2S. The third-order valence-electron chi connectivity index (χ3n) is 5.85. The summed E-state index contributed by atoms with van der Waals surface area (Å²) in [6.45, 7) is 3.86. The van der Waals surface area contributed by atoms with Gasteiger partial charge in [-0.3, -0.25) is 4.79 Å². The van der Waals surface area contributed by atoms with Crippen LogP contribution in [-0.2, 0) is 6.61 Å². The van der Waals surface area contributed by atoms with Gasteiger partial charge in [-0.2, -0.15) is 0 Å². The highest BCUT2D eigenvalue weighted by Gasteiger charge is 2.38. The van der Waals surface area contributed by atoms with Crippen LogP contribution in [0.3, 0.4) is 0 Å². The summed E-state index contributed by atoms with van der Waals surface area (Å²) >= 11 is 1.54. The van der Waals surface area contributed by atoms with Crippen LogP contribution < -0.4 is 10.1 Å². The van der Waals surface area contributed by atoms with Gasteiger partial charge in [0.05, 0.1) is 4.88 Å². The molecule has 2 aliphatic heterocycles. The fraction of sp³-hybridized carbons (Fsp3) is 0.292. The van der Waals surface area contributed by atoms with Crippen LogP contribution in [0.2, 0.25) is 0 Å². The highest BCUT2D eigenvalue weighted by atomic mass is 32.1. The van der Waals surface area contributed by atoms with Gasteiger partial charge in [-0.15, -0.1) is 11.3 Å². The van der Waals surface area contributed by atoms with E-state index in [1.807, 2.05) is 48.5 Å². The maximum absolute atomic E-state index is 12.7. The van der Waals surface area contributed by atoms with Gasteiger partial charge in [0.15, 0.2) is 0 Å². The Morgan fingerprint density at radius 3 is 2.76 bits per heavy atom. The first kappa shape index (κ1) is 18.4. The Hall–Kier alpha value is -2.63. The molecule has 2 fully saturated rings. The molecule has 2 aromatic carbocycles. The van der Waals surface area contributed by atoms with E-state index >= 15 is 0 Å². The number of nitrogens with zero attached hydrogens (tertiary/aromatic N) is 1. The summed E-state index contributed by atoms with van der Waals surface area (Å²) in [6, 6.07) is 22.5. The normalized spacial score (nSPS) is 22.6. The number of carbonyl (C=O) groups is 1. The van der Waals surface area contributed by atoms with Gasteiger partial charge in [-0.25, -0.2) is 0 Å². The van der Waals surface area contributed by atoms with Gasteiger partial charge >= 0.3 is 0 Å². The lowest BCUT2D eigenvalue weighted by Crippen LogP contribution is -2.42. The van der Waals surface area contributed by atoms with Gasteiger partial charge in [-0.1, -0.05) is 42.5 Å². The second-order valence-corrected chi connectivity index (χ2v) is 8.94. The van der Waals surface area contributed by atoms with E-state index in [4.69, 9.17) is 4.74 Å². The largest absolute Gasteiger partial charge is 0.489 e.